The van der Waals surface area contributed by atoms with Crippen LogP contribution in [0.3, 0.4) is 0 Å². The van der Waals surface area contributed by atoms with Crippen molar-refractivity contribution in [1.29, 1.82) is 5.26 Å². The summed E-state index contributed by atoms with van der Waals surface area (Å²) in [6, 6.07) is 8.23. The number of hydrogen-bond donors (Lipinski definition) is 0. The largest absolute Gasteiger partial charge is 0.490 e. The summed E-state index contributed by atoms with van der Waals surface area (Å²) in [5, 5.41) is 9.05. The molecule has 5 nitrogen and oxygen atoms in total. The van der Waals surface area contributed by atoms with Crippen LogP contribution in [0.5, 0.6) is 11.5 Å². The van der Waals surface area contributed by atoms with Gasteiger partial charge in [-0.25, -0.2) is 4.79 Å². The fourth-order valence-electron chi connectivity index (χ4n) is 1.67. The van der Waals surface area contributed by atoms with Gasteiger partial charge in [0.05, 0.1) is 29.5 Å². The van der Waals surface area contributed by atoms with Crippen LogP contribution in [-0.2, 0) is 4.79 Å². The minimum Gasteiger partial charge on any atom is -0.490 e. The van der Waals surface area contributed by atoms with Gasteiger partial charge < -0.3 is 13.9 Å². The monoisotopic (exact) mass is 317 g/mol. The average molecular weight is 318 g/mol. The molecule has 1 aromatic heterocycles. The van der Waals surface area contributed by atoms with Gasteiger partial charge in [0.2, 0.25) is 0 Å². The highest BCUT2D eigenvalue weighted by atomic mass is 35.5. The van der Waals surface area contributed by atoms with Crippen molar-refractivity contribution < 1.29 is 18.7 Å². The molecule has 0 aliphatic carbocycles. The van der Waals surface area contributed by atoms with E-state index in [9.17, 15) is 4.79 Å². The Kier molecular flexibility index (Phi) is 5.23. The molecule has 0 N–H and O–H groups in total. The van der Waals surface area contributed by atoms with E-state index in [0.29, 0.717) is 17.9 Å². The number of halogens is 1. The number of carbonyl (C=O) groups excluding carboxylic acids is 1. The Morgan fingerprint density at radius 3 is 2.95 bits per heavy atom. The van der Waals surface area contributed by atoms with E-state index >= 15 is 0 Å². The first-order chi connectivity index (χ1) is 10.6. The summed E-state index contributed by atoms with van der Waals surface area (Å²) in [7, 11) is 0. The van der Waals surface area contributed by atoms with Crippen molar-refractivity contribution >= 4 is 23.6 Å². The Morgan fingerprint density at radius 1 is 1.50 bits per heavy atom. The van der Waals surface area contributed by atoms with Gasteiger partial charge in [-0.05, 0) is 31.2 Å². The molecule has 0 bridgehead atoms. The fourth-order valence-corrected chi connectivity index (χ4v) is 1.91. The van der Waals surface area contributed by atoms with Crippen LogP contribution in [0.15, 0.2) is 41.0 Å². The molecular formula is C16H12ClNO4. The average Bonchev–Trinajstić information content (AvgIpc) is 3.02. The van der Waals surface area contributed by atoms with Crippen LogP contribution in [0.1, 0.15) is 18.2 Å². The molecule has 0 unspecified atom stereocenters. The van der Waals surface area contributed by atoms with Crippen LogP contribution in [0.2, 0.25) is 5.02 Å². The molecule has 112 valence electrons. The molecule has 0 fully saturated rings. The molecular weight excluding hydrogens is 306 g/mol. The minimum absolute atomic E-state index is 0.0802. The maximum atomic E-state index is 11.8. The second kappa shape index (κ2) is 7.34. The van der Waals surface area contributed by atoms with E-state index in [-0.39, 0.29) is 16.5 Å². The van der Waals surface area contributed by atoms with E-state index in [2.05, 4.69) is 0 Å². The lowest BCUT2D eigenvalue weighted by Crippen LogP contribution is -2.06. The predicted molar refractivity (Wildman–Crippen MR) is 80.7 cm³/mol. The highest BCUT2D eigenvalue weighted by Gasteiger charge is 2.15. The summed E-state index contributed by atoms with van der Waals surface area (Å²) in [6.07, 6.45) is 4.18. The molecule has 2 rings (SSSR count). The van der Waals surface area contributed by atoms with Crippen molar-refractivity contribution in [2.24, 2.45) is 0 Å². The fraction of sp³-hybridized carbons (Fsp3) is 0.125. The van der Waals surface area contributed by atoms with Gasteiger partial charge in [0.1, 0.15) is 5.76 Å². The molecule has 0 spiro atoms. The lowest BCUT2D eigenvalue weighted by molar-refractivity contribution is -0.129. The van der Waals surface area contributed by atoms with Crippen LogP contribution in [0.25, 0.3) is 6.08 Å². The number of carbonyl (C=O) groups is 1. The Bertz CT molecular complexity index is 729. The van der Waals surface area contributed by atoms with Crippen LogP contribution in [-0.4, -0.2) is 12.6 Å². The molecule has 0 saturated carbocycles. The van der Waals surface area contributed by atoms with E-state index in [1.54, 1.807) is 19.1 Å². The van der Waals surface area contributed by atoms with E-state index in [4.69, 9.17) is 30.8 Å². The van der Waals surface area contributed by atoms with Crippen LogP contribution < -0.4 is 9.47 Å². The van der Waals surface area contributed by atoms with E-state index in [1.807, 2.05) is 6.07 Å². The molecule has 0 atom stereocenters. The Morgan fingerprint density at radius 2 is 2.32 bits per heavy atom. The van der Waals surface area contributed by atoms with Gasteiger partial charge in [-0.1, -0.05) is 11.6 Å². The number of esters is 1. The molecule has 2 aromatic rings. The second-order valence-electron chi connectivity index (χ2n) is 4.10. The number of nitrogens with zero attached hydrogens (tertiary/aromatic N) is 1. The molecule has 6 heteroatoms. The minimum atomic E-state index is -0.635. The van der Waals surface area contributed by atoms with Gasteiger partial charge in [-0.15, -0.1) is 0 Å². The Labute approximate surface area is 132 Å². The van der Waals surface area contributed by atoms with Crippen molar-refractivity contribution in [3.8, 4) is 17.6 Å². The van der Waals surface area contributed by atoms with E-state index < -0.39 is 5.97 Å². The van der Waals surface area contributed by atoms with E-state index in [1.165, 1.54) is 30.5 Å². The number of nitriles is 1. The molecule has 0 aliphatic heterocycles. The summed E-state index contributed by atoms with van der Waals surface area (Å²) in [5.41, 5.74) is 0.319. The lowest BCUT2D eigenvalue weighted by atomic mass is 10.2. The number of hydrogen-bond acceptors (Lipinski definition) is 5. The number of benzene rings is 1. The lowest BCUT2D eigenvalue weighted by Gasteiger charge is -2.11. The van der Waals surface area contributed by atoms with Gasteiger partial charge in [-0.3, -0.25) is 0 Å². The van der Waals surface area contributed by atoms with Gasteiger partial charge in [0.15, 0.2) is 11.5 Å². The quantitative estimate of drug-likeness (QED) is 0.476. The molecule has 0 amide bonds. The maximum absolute atomic E-state index is 11.8. The molecule has 1 heterocycles. The number of rotatable bonds is 5. The third kappa shape index (κ3) is 3.90. The van der Waals surface area contributed by atoms with Gasteiger partial charge in [-0.2, -0.15) is 5.26 Å². The SMILES string of the molecule is CCOc1cc(C#N)cc(Cl)c1OC(=O)/C=C/c1ccco1. The van der Waals surface area contributed by atoms with Crippen molar-refractivity contribution in [1.82, 2.24) is 0 Å². The molecule has 0 aliphatic rings. The summed E-state index contributed by atoms with van der Waals surface area (Å²) >= 11 is 6.04. The van der Waals surface area contributed by atoms with Crippen molar-refractivity contribution in [3.63, 3.8) is 0 Å². The number of furan rings is 1. The van der Waals surface area contributed by atoms with Crippen molar-refractivity contribution in [2.75, 3.05) is 6.61 Å². The molecule has 1 aromatic carbocycles. The van der Waals surface area contributed by atoms with Gasteiger partial charge in [0, 0.05) is 12.1 Å². The Balaban J connectivity index is 2.21. The zero-order valence-electron chi connectivity index (χ0n) is 11.7. The third-order valence-electron chi connectivity index (χ3n) is 2.57. The topological polar surface area (TPSA) is 72.5 Å². The van der Waals surface area contributed by atoms with Gasteiger partial charge >= 0.3 is 5.97 Å². The zero-order chi connectivity index (χ0) is 15.9. The number of ether oxygens (including phenoxy) is 2. The summed E-state index contributed by atoms with van der Waals surface area (Å²) in [4.78, 5) is 11.8. The molecule has 22 heavy (non-hydrogen) atoms. The maximum Gasteiger partial charge on any atom is 0.336 e. The third-order valence-corrected chi connectivity index (χ3v) is 2.85. The Hall–Kier alpha value is -2.71. The first-order valence-electron chi connectivity index (χ1n) is 6.44. The summed E-state index contributed by atoms with van der Waals surface area (Å²) in [6.45, 7) is 2.12. The molecule has 0 radical (unpaired) electrons. The zero-order valence-corrected chi connectivity index (χ0v) is 12.5. The summed E-state index contributed by atoms with van der Waals surface area (Å²) in [5.74, 6) is 0.208. The highest BCUT2D eigenvalue weighted by molar-refractivity contribution is 6.32. The van der Waals surface area contributed by atoms with Crippen LogP contribution >= 0.6 is 11.6 Å². The predicted octanol–water partition coefficient (Wildman–Crippen LogP) is 3.82. The second-order valence-corrected chi connectivity index (χ2v) is 4.51. The van der Waals surface area contributed by atoms with Gasteiger partial charge in [0.25, 0.3) is 0 Å². The van der Waals surface area contributed by atoms with E-state index in [0.717, 1.165) is 0 Å². The van der Waals surface area contributed by atoms with Crippen LogP contribution in [0, 0.1) is 11.3 Å². The van der Waals surface area contributed by atoms with Crippen molar-refractivity contribution in [2.45, 2.75) is 6.92 Å². The molecule has 0 saturated heterocycles. The highest BCUT2D eigenvalue weighted by Crippen LogP contribution is 2.36. The first-order valence-corrected chi connectivity index (χ1v) is 6.81. The smallest absolute Gasteiger partial charge is 0.336 e. The summed E-state index contributed by atoms with van der Waals surface area (Å²) < 4.78 is 15.6. The van der Waals surface area contributed by atoms with Crippen molar-refractivity contribution in [3.05, 3.63) is 53.0 Å². The van der Waals surface area contributed by atoms with Crippen LogP contribution in [0.4, 0.5) is 0 Å². The normalized spacial score (nSPS) is 10.4. The standard InChI is InChI=1S/C16H12ClNO4/c1-2-20-14-9-11(10-18)8-13(17)16(14)22-15(19)6-5-12-4-3-7-21-12/h3-9H,2H2,1H3/b6-5+. The first kappa shape index (κ1) is 15.7.